The molecule has 58 valence electrons. The Labute approximate surface area is 80.4 Å². The molecular weight excluding hydrogens is 307 g/mol. The van der Waals surface area contributed by atoms with Gasteiger partial charge in [-0.05, 0) is 12.7 Å². The van der Waals surface area contributed by atoms with Crippen LogP contribution in [0, 0.1) is 0 Å². The summed E-state index contributed by atoms with van der Waals surface area (Å²) in [5, 5.41) is 0. The van der Waals surface area contributed by atoms with Crippen LogP contribution in [0.2, 0.25) is 0 Å². The molecule has 0 N–H and O–H groups in total. The summed E-state index contributed by atoms with van der Waals surface area (Å²) >= 11 is 7.12. The van der Waals surface area contributed by atoms with Crippen molar-refractivity contribution in [2.45, 2.75) is 6.42 Å². The predicted molar refractivity (Wildman–Crippen MR) is 45.4 cm³/mol. The summed E-state index contributed by atoms with van der Waals surface area (Å²) in [6.45, 7) is 0. The molecule has 1 rings (SSSR count). The quantitative estimate of drug-likeness (QED) is 0.681. The average Bonchev–Trinajstić information content (AvgIpc) is 2.39. The predicted octanol–water partition coefficient (Wildman–Crippen LogP) is 2.67. The molecule has 0 aromatic carbocycles. The molecule has 0 radical (unpaired) electrons. The van der Waals surface area contributed by atoms with Crippen LogP contribution in [-0.4, -0.2) is 6.29 Å². The van der Waals surface area contributed by atoms with Crippen LogP contribution >= 0.6 is 28.3 Å². The number of carbonyl (C=O) groups excluding carboxylic acids is 1. The fourth-order valence-electron chi connectivity index (χ4n) is 0.523. The molecule has 0 aliphatic heterocycles. The summed E-state index contributed by atoms with van der Waals surface area (Å²) < 4.78 is 0. The Morgan fingerprint density at radius 1 is 1.60 bits per heavy atom. The minimum atomic E-state index is 0.750. The van der Waals surface area contributed by atoms with Gasteiger partial charge in [0, 0.05) is 0 Å². The fraction of sp³-hybridized carbons (Fsp3) is 0.167. The molecule has 1 aliphatic carbocycles. The Kier molecular flexibility index (Phi) is 8.20. The molecule has 0 saturated heterocycles. The van der Waals surface area contributed by atoms with Crippen LogP contribution < -0.4 is 0 Å². The van der Waals surface area contributed by atoms with Crippen molar-refractivity contribution in [2.75, 3.05) is 0 Å². The zero-order valence-electron chi connectivity index (χ0n) is 4.94. The summed E-state index contributed by atoms with van der Waals surface area (Å²) in [7, 11) is 0. The van der Waals surface area contributed by atoms with E-state index in [0.717, 1.165) is 23.1 Å². The summed E-state index contributed by atoms with van der Waals surface area (Å²) in [6.07, 6.45) is 8.14. The normalized spacial score (nSPS) is 14.0. The number of hydrogen-bond donors (Lipinski definition) is 0. The Morgan fingerprint density at radius 2 is 2.20 bits per heavy atom. The van der Waals surface area contributed by atoms with E-state index in [0.29, 0.717) is 0 Å². The van der Waals surface area contributed by atoms with Crippen LogP contribution in [0.1, 0.15) is 6.42 Å². The van der Waals surface area contributed by atoms with E-state index < -0.39 is 0 Å². The summed E-state index contributed by atoms with van der Waals surface area (Å²) in [5.41, 5.74) is 0.750. The minimum absolute atomic E-state index is 0.750. The molecule has 0 unspecified atom stereocenters. The Balaban J connectivity index is 0.000000236. The first-order valence-corrected chi connectivity index (χ1v) is 7.57. The van der Waals surface area contributed by atoms with Crippen molar-refractivity contribution in [2.24, 2.45) is 0 Å². The summed E-state index contributed by atoms with van der Waals surface area (Å²) in [5.74, 6) is 0. The van der Waals surface area contributed by atoms with Gasteiger partial charge in [0.25, 0.3) is 0 Å². The van der Waals surface area contributed by atoms with Gasteiger partial charge in [0.15, 0.2) is 0 Å². The molecule has 0 atom stereocenters. The zero-order valence-corrected chi connectivity index (χ0v) is 9.15. The molecule has 0 amide bonds. The maximum absolute atomic E-state index is 9.77. The molecule has 0 saturated carbocycles. The third-order valence-electron chi connectivity index (χ3n) is 0.902. The van der Waals surface area contributed by atoms with Gasteiger partial charge in [-0.25, -0.2) is 6.08 Å². The van der Waals surface area contributed by atoms with E-state index in [-0.39, 0.29) is 0 Å². The molecule has 0 spiro atoms. The molecule has 1 nitrogen and oxygen atoms in total. The van der Waals surface area contributed by atoms with E-state index in [1.54, 1.807) is 6.08 Å². The van der Waals surface area contributed by atoms with Crippen LogP contribution in [0.4, 0.5) is 0 Å². The van der Waals surface area contributed by atoms with Gasteiger partial charge in [0.2, 0.25) is 0 Å². The van der Waals surface area contributed by atoms with Crippen LogP contribution in [0.3, 0.4) is 0 Å². The zero-order chi connectivity index (χ0) is 7.82. The van der Waals surface area contributed by atoms with Gasteiger partial charge in [-0.1, -0.05) is 0 Å². The standard InChI is InChI=1S/C6H5O.2BrH.Co/c7-5-6-3-1-2-4-6;;;/h1-3H,4H2;2*1H;/q-1;;;+3/p-2. The average molecular weight is 312 g/mol. The van der Waals surface area contributed by atoms with E-state index in [4.69, 9.17) is 0 Å². The van der Waals surface area contributed by atoms with Gasteiger partial charge in [0.05, 0.1) is 0 Å². The molecule has 0 aromatic heterocycles. The summed E-state index contributed by atoms with van der Waals surface area (Å²) in [6, 6.07) is 0. The Morgan fingerprint density at radius 3 is 2.40 bits per heavy atom. The van der Waals surface area contributed by atoms with E-state index in [9.17, 15) is 4.79 Å². The van der Waals surface area contributed by atoms with E-state index in [1.807, 2.05) is 18.4 Å². The second-order valence-electron chi connectivity index (χ2n) is 1.47. The SMILES string of the molecule is O=[C-]C1=CC=CC1.[Br][Co+][Br]. The van der Waals surface area contributed by atoms with Crippen molar-refractivity contribution in [1.29, 1.82) is 0 Å². The van der Waals surface area contributed by atoms with Crippen molar-refractivity contribution >= 4 is 34.6 Å². The molecule has 0 fully saturated rings. The monoisotopic (exact) mass is 310 g/mol. The molecule has 0 bridgehead atoms. The third-order valence-corrected chi connectivity index (χ3v) is 0.902. The number of rotatable bonds is 1. The number of halogens is 2. The second-order valence-corrected chi connectivity index (χ2v) is 6.73. The first kappa shape index (κ1) is 10.6. The molecular formula is C6H5Br2CoO. The van der Waals surface area contributed by atoms with E-state index in [1.165, 1.54) is 0 Å². The van der Waals surface area contributed by atoms with Crippen molar-refractivity contribution < 1.29 is 15.9 Å². The van der Waals surface area contributed by atoms with Crippen LogP contribution in [-0.2, 0) is 15.9 Å². The van der Waals surface area contributed by atoms with Gasteiger partial charge in [0.1, 0.15) is 0 Å². The topological polar surface area (TPSA) is 17.1 Å². The van der Waals surface area contributed by atoms with Gasteiger partial charge in [-0.15, -0.1) is 12.2 Å². The van der Waals surface area contributed by atoms with Crippen molar-refractivity contribution in [3.8, 4) is 0 Å². The van der Waals surface area contributed by atoms with Gasteiger partial charge >= 0.3 is 39.5 Å². The molecule has 0 heterocycles. The van der Waals surface area contributed by atoms with E-state index in [2.05, 4.69) is 28.3 Å². The second kappa shape index (κ2) is 7.72. The number of allylic oxidation sites excluding steroid dienone is 4. The number of hydrogen-bond acceptors (Lipinski definition) is 1. The van der Waals surface area contributed by atoms with Crippen molar-refractivity contribution in [3.63, 3.8) is 0 Å². The fourth-order valence-corrected chi connectivity index (χ4v) is 0.523. The first-order valence-electron chi connectivity index (χ1n) is 2.42. The van der Waals surface area contributed by atoms with Crippen LogP contribution in [0.15, 0.2) is 23.8 Å². The van der Waals surface area contributed by atoms with Gasteiger partial charge in [-0.2, -0.15) is 5.57 Å². The molecule has 4 heteroatoms. The van der Waals surface area contributed by atoms with Crippen LogP contribution in [0.25, 0.3) is 0 Å². The first-order chi connectivity index (χ1) is 4.85. The van der Waals surface area contributed by atoms with Crippen LogP contribution in [0.5, 0.6) is 0 Å². The van der Waals surface area contributed by atoms with Crippen molar-refractivity contribution in [3.05, 3.63) is 23.8 Å². The van der Waals surface area contributed by atoms with Gasteiger partial charge < -0.3 is 4.79 Å². The molecule has 1 aliphatic rings. The maximum atomic E-state index is 9.77. The molecule has 0 aromatic rings. The van der Waals surface area contributed by atoms with Crippen molar-refractivity contribution in [1.82, 2.24) is 0 Å². The third kappa shape index (κ3) is 5.41. The Hall–Kier alpha value is 0.616. The van der Waals surface area contributed by atoms with Gasteiger partial charge in [-0.3, -0.25) is 0 Å². The summed E-state index contributed by atoms with van der Waals surface area (Å²) in [4.78, 5) is 9.77. The Bertz CT molecular complexity index is 154. The molecule has 10 heavy (non-hydrogen) atoms. The van der Waals surface area contributed by atoms with E-state index >= 15 is 0 Å².